The Balaban J connectivity index is 1.43. The van der Waals surface area contributed by atoms with Gasteiger partial charge in [0.1, 0.15) is 11.9 Å². The monoisotopic (exact) mass is 527 g/mol. The average Bonchev–Trinajstić information content (AvgIpc) is 3.59. The molecule has 0 saturated heterocycles. The molecule has 2 heterocycles. The van der Waals surface area contributed by atoms with E-state index in [1.165, 1.54) is 11.0 Å². The van der Waals surface area contributed by atoms with Gasteiger partial charge in [-0.1, -0.05) is 55.7 Å². The molecule has 1 saturated carbocycles. The Kier molecular flexibility index (Phi) is 6.92. The Morgan fingerprint density at radius 2 is 1.74 bits per heavy atom. The molecule has 6 rings (SSSR count). The fraction of sp³-hybridized carbons (Fsp3) is 0.290. The first-order valence-electron chi connectivity index (χ1n) is 13.4. The standard InChI is InChI=1S/C31H30FN3O4/c32-25-12-6-4-11-24(25)30(31(37)34-21-8-2-1-3-9-21)35(22-14-15-27-28(17-22)39-19-38-27)29(36)16-20-18-33-26-13-7-5-10-23(20)26/h4-7,10-15,17-18,21,30,33H,1-3,8-9,16,19H2,(H,34,37)/t30-/m0/s1. The summed E-state index contributed by atoms with van der Waals surface area (Å²) in [6.45, 7) is 0.0704. The Hall–Kier alpha value is -4.33. The first-order chi connectivity index (χ1) is 19.1. The number of hydrogen-bond acceptors (Lipinski definition) is 4. The highest BCUT2D eigenvalue weighted by atomic mass is 19.1. The SMILES string of the molecule is O=C(NC1CCCCC1)[C@H](c1ccccc1F)N(C(=O)Cc1c[nH]c2ccccc12)c1ccc2c(c1)OCO2. The van der Waals surface area contributed by atoms with Crippen LogP contribution in [-0.4, -0.2) is 29.6 Å². The minimum Gasteiger partial charge on any atom is -0.454 e. The molecular weight excluding hydrogens is 497 g/mol. The van der Waals surface area contributed by atoms with Crippen LogP contribution >= 0.6 is 0 Å². The second kappa shape index (κ2) is 10.8. The first kappa shape index (κ1) is 25.0. The number of anilines is 1. The maximum atomic E-state index is 15.4. The van der Waals surface area contributed by atoms with E-state index in [0.29, 0.717) is 17.2 Å². The molecule has 39 heavy (non-hydrogen) atoms. The van der Waals surface area contributed by atoms with E-state index >= 15 is 4.39 Å². The number of rotatable bonds is 7. The minimum absolute atomic E-state index is 0.0113. The lowest BCUT2D eigenvalue weighted by molar-refractivity contribution is -0.127. The van der Waals surface area contributed by atoms with Crippen molar-refractivity contribution in [2.45, 2.75) is 50.6 Å². The molecule has 3 aromatic carbocycles. The molecule has 0 spiro atoms. The van der Waals surface area contributed by atoms with Crippen molar-refractivity contribution in [2.75, 3.05) is 11.7 Å². The summed E-state index contributed by atoms with van der Waals surface area (Å²) in [5.74, 6) is -0.274. The number of fused-ring (bicyclic) bond motifs is 2. The second-order valence-corrected chi connectivity index (χ2v) is 10.1. The van der Waals surface area contributed by atoms with Crippen molar-refractivity contribution in [1.82, 2.24) is 10.3 Å². The maximum Gasteiger partial charge on any atom is 0.248 e. The lowest BCUT2D eigenvalue weighted by Crippen LogP contribution is -2.48. The van der Waals surface area contributed by atoms with Crippen LogP contribution in [0.1, 0.15) is 49.3 Å². The summed E-state index contributed by atoms with van der Waals surface area (Å²) in [4.78, 5) is 32.8. The van der Waals surface area contributed by atoms with Crippen LogP contribution in [0.15, 0.2) is 72.9 Å². The smallest absolute Gasteiger partial charge is 0.248 e. The predicted molar refractivity (Wildman–Crippen MR) is 146 cm³/mol. The van der Waals surface area contributed by atoms with E-state index < -0.39 is 17.8 Å². The summed E-state index contributed by atoms with van der Waals surface area (Å²) in [7, 11) is 0. The molecule has 1 fully saturated rings. The third kappa shape index (κ3) is 5.06. The topological polar surface area (TPSA) is 83.7 Å². The fourth-order valence-corrected chi connectivity index (χ4v) is 5.62. The molecule has 1 atom stereocenters. The number of carbonyl (C=O) groups is 2. The van der Waals surface area contributed by atoms with Gasteiger partial charge in [-0.15, -0.1) is 0 Å². The molecule has 1 aliphatic heterocycles. The van der Waals surface area contributed by atoms with Gasteiger partial charge in [0.05, 0.1) is 6.42 Å². The zero-order chi connectivity index (χ0) is 26.8. The number of para-hydroxylation sites is 1. The van der Waals surface area contributed by atoms with Crippen molar-refractivity contribution in [2.24, 2.45) is 0 Å². The number of H-pyrrole nitrogens is 1. The number of amides is 2. The van der Waals surface area contributed by atoms with Gasteiger partial charge in [-0.3, -0.25) is 14.5 Å². The quantitative estimate of drug-likeness (QED) is 0.318. The highest BCUT2D eigenvalue weighted by Crippen LogP contribution is 2.39. The molecular formula is C31H30FN3O4. The van der Waals surface area contributed by atoms with Gasteiger partial charge in [0.25, 0.3) is 0 Å². The predicted octanol–water partition coefficient (Wildman–Crippen LogP) is 5.80. The van der Waals surface area contributed by atoms with Gasteiger partial charge in [0.2, 0.25) is 18.6 Å². The van der Waals surface area contributed by atoms with E-state index in [2.05, 4.69) is 10.3 Å². The fourth-order valence-electron chi connectivity index (χ4n) is 5.62. The normalized spacial score (nSPS) is 15.7. The van der Waals surface area contributed by atoms with E-state index in [1.54, 1.807) is 42.6 Å². The van der Waals surface area contributed by atoms with Crippen LogP contribution in [0.5, 0.6) is 11.5 Å². The zero-order valence-corrected chi connectivity index (χ0v) is 21.5. The molecule has 2 N–H and O–H groups in total. The van der Waals surface area contributed by atoms with Gasteiger partial charge in [-0.25, -0.2) is 4.39 Å². The molecule has 1 aliphatic carbocycles. The van der Waals surface area contributed by atoms with Crippen LogP contribution in [0.25, 0.3) is 10.9 Å². The van der Waals surface area contributed by atoms with E-state index in [9.17, 15) is 9.59 Å². The van der Waals surface area contributed by atoms with Gasteiger partial charge < -0.3 is 19.8 Å². The molecule has 8 heteroatoms. The van der Waals surface area contributed by atoms with Gasteiger partial charge in [0.15, 0.2) is 11.5 Å². The van der Waals surface area contributed by atoms with Crippen molar-refractivity contribution in [3.05, 3.63) is 89.9 Å². The highest BCUT2D eigenvalue weighted by molar-refractivity contribution is 6.03. The Morgan fingerprint density at radius 1 is 0.974 bits per heavy atom. The summed E-state index contributed by atoms with van der Waals surface area (Å²) in [5.41, 5.74) is 2.27. The van der Waals surface area contributed by atoms with Crippen molar-refractivity contribution in [3.63, 3.8) is 0 Å². The average molecular weight is 528 g/mol. The lowest BCUT2D eigenvalue weighted by atomic mass is 9.94. The molecule has 2 amide bonds. The Morgan fingerprint density at radius 3 is 2.59 bits per heavy atom. The first-order valence-corrected chi connectivity index (χ1v) is 13.4. The van der Waals surface area contributed by atoms with Crippen LogP contribution in [0.4, 0.5) is 10.1 Å². The largest absolute Gasteiger partial charge is 0.454 e. The van der Waals surface area contributed by atoms with E-state index in [4.69, 9.17) is 9.47 Å². The molecule has 0 bridgehead atoms. The van der Waals surface area contributed by atoms with Crippen molar-refractivity contribution in [1.29, 1.82) is 0 Å². The van der Waals surface area contributed by atoms with Crippen LogP contribution in [0.2, 0.25) is 0 Å². The van der Waals surface area contributed by atoms with Crippen LogP contribution in [-0.2, 0) is 16.0 Å². The van der Waals surface area contributed by atoms with E-state index in [0.717, 1.165) is 48.6 Å². The van der Waals surface area contributed by atoms with Gasteiger partial charge >= 0.3 is 0 Å². The number of halogens is 1. The van der Waals surface area contributed by atoms with Crippen molar-refractivity contribution in [3.8, 4) is 11.5 Å². The van der Waals surface area contributed by atoms with Gasteiger partial charge in [-0.2, -0.15) is 0 Å². The molecule has 7 nitrogen and oxygen atoms in total. The summed E-state index contributed by atoms with van der Waals surface area (Å²) in [6.07, 6.45) is 6.74. The number of nitrogens with one attached hydrogen (secondary N) is 2. The third-order valence-electron chi connectivity index (χ3n) is 7.58. The zero-order valence-electron chi connectivity index (χ0n) is 21.5. The van der Waals surface area contributed by atoms with Crippen LogP contribution in [0, 0.1) is 5.82 Å². The second-order valence-electron chi connectivity index (χ2n) is 10.1. The summed E-state index contributed by atoms with van der Waals surface area (Å²) < 4.78 is 26.4. The molecule has 200 valence electrons. The van der Waals surface area contributed by atoms with Crippen LogP contribution in [0.3, 0.4) is 0 Å². The Labute approximate surface area is 225 Å². The van der Waals surface area contributed by atoms with Crippen molar-refractivity contribution < 1.29 is 23.5 Å². The third-order valence-corrected chi connectivity index (χ3v) is 7.58. The number of benzene rings is 3. The summed E-state index contributed by atoms with van der Waals surface area (Å²) in [6, 6.07) is 17.7. The number of ether oxygens (including phenoxy) is 2. The van der Waals surface area contributed by atoms with Crippen molar-refractivity contribution >= 4 is 28.4 Å². The molecule has 1 aromatic heterocycles. The molecule has 4 aromatic rings. The minimum atomic E-state index is -1.22. The summed E-state index contributed by atoms with van der Waals surface area (Å²) >= 11 is 0. The lowest BCUT2D eigenvalue weighted by Gasteiger charge is -2.33. The number of aromatic amines is 1. The number of carbonyl (C=O) groups excluding carboxylic acids is 2. The molecule has 2 aliphatic rings. The number of hydrogen-bond donors (Lipinski definition) is 2. The van der Waals surface area contributed by atoms with Gasteiger partial charge in [-0.05, 0) is 42.7 Å². The van der Waals surface area contributed by atoms with Gasteiger partial charge in [0, 0.05) is 40.5 Å². The van der Waals surface area contributed by atoms with E-state index in [-0.39, 0.29) is 30.7 Å². The highest BCUT2D eigenvalue weighted by Gasteiger charge is 2.36. The van der Waals surface area contributed by atoms with Crippen LogP contribution < -0.4 is 19.7 Å². The number of nitrogens with zero attached hydrogens (tertiary/aromatic N) is 1. The molecule has 0 unspecified atom stereocenters. The maximum absolute atomic E-state index is 15.4. The number of aromatic nitrogens is 1. The summed E-state index contributed by atoms with van der Waals surface area (Å²) in [5, 5.41) is 4.05. The van der Waals surface area contributed by atoms with E-state index in [1.807, 2.05) is 24.3 Å². The molecule has 0 radical (unpaired) electrons. The Bertz CT molecular complexity index is 1510.